The quantitative estimate of drug-likeness (QED) is 0.879. The molecule has 120 valence electrons. The number of ether oxygens (including phenoxy) is 1. The van der Waals surface area contributed by atoms with E-state index in [1.54, 1.807) is 0 Å². The second kappa shape index (κ2) is 6.95. The van der Waals surface area contributed by atoms with Crippen LogP contribution in [0.15, 0.2) is 42.5 Å². The number of nitrogens with one attached hydrogen (secondary N) is 1. The van der Waals surface area contributed by atoms with Crippen molar-refractivity contribution in [3.8, 4) is 0 Å². The van der Waals surface area contributed by atoms with Gasteiger partial charge in [-0.15, -0.1) is 0 Å². The maximum absolute atomic E-state index is 13.4. The Hall–Kier alpha value is -2.83. The number of hydrogen-bond acceptors (Lipinski definition) is 3. The summed E-state index contributed by atoms with van der Waals surface area (Å²) in [5, 5.41) is 1.99. The van der Waals surface area contributed by atoms with Gasteiger partial charge in [0.1, 0.15) is 23.1 Å². The van der Waals surface area contributed by atoms with E-state index in [4.69, 9.17) is 4.74 Å². The molecule has 0 fully saturated rings. The molecule has 1 N–H and O–H groups in total. The summed E-state index contributed by atoms with van der Waals surface area (Å²) in [6.45, 7) is 1.20. The SMILES string of the molecule is C[C@H](OC(=O)c1ccccc1F)C(=O)Nc1c(F)cccc1F. The van der Waals surface area contributed by atoms with Crippen LogP contribution in [0.2, 0.25) is 0 Å². The van der Waals surface area contributed by atoms with Gasteiger partial charge >= 0.3 is 5.97 Å². The van der Waals surface area contributed by atoms with Crippen LogP contribution in [0.4, 0.5) is 18.9 Å². The number of halogens is 3. The molecule has 0 saturated carbocycles. The van der Waals surface area contributed by atoms with E-state index in [2.05, 4.69) is 0 Å². The maximum Gasteiger partial charge on any atom is 0.341 e. The number of esters is 1. The summed E-state index contributed by atoms with van der Waals surface area (Å²) in [4.78, 5) is 23.6. The summed E-state index contributed by atoms with van der Waals surface area (Å²) in [7, 11) is 0. The molecule has 2 aromatic rings. The van der Waals surface area contributed by atoms with Crippen LogP contribution in [-0.4, -0.2) is 18.0 Å². The third-order valence-corrected chi connectivity index (χ3v) is 2.96. The van der Waals surface area contributed by atoms with Crippen LogP contribution in [0.1, 0.15) is 17.3 Å². The van der Waals surface area contributed by atoms with Gasteiger partial charge in [-0.3, -0.25) is 4.79 Å². The summed E-state index contributed by atoms with van der Waals surface area (Å²) in [6.07, 6.45) is -1.37. The number of amides is 1. The van der Waals surface area contributed by atoms with Crippen molar-refractivity contribution in [3.63, 3.8) is 0 Å². The van der Waals surface area contributed by atoms with Crippen LogP contribution < -0.4 is 5.32 Å². The summed E-state index contributed by atoms with van der Waals surface area (Å²) in [6, 6.07) is 8.16. The molecule has 0 bridgehead atoms. The van der Waals surface area contributed by atoms with Crippen molar-refractivity contribution in [2.24, 2.45) is 0 Å². The maximum atomic E-state index is 13.4. The highest BCUT2D eigenvalue weighted by Gasteiger charge is 2.22. The molecule has 7 heteroatoms. The predicted molar refractivity (Wildman–Crippen MR) is 76.3 cm³/mol. The monoisotopic (exact) mass is 323 g/mol. The molecule has 1 amide bonds. The fraction of sp³-hybridized carbons (Fsp3) is 0.125. The van der Waals surface area contributed by atoms with Gasteiger partial charge in [0.25, 0.3) is 5.91 Å². The van der Waals surface area contributed by atoms with E-state index in [0.29, 0.717) is 0 Å². The number of hydrogen-bond donors (Lipinski definition) is 1. The van der Waals surface area contributed by atoms with E-state index in [1.807, 2.05) is 5.32 Å². The Balaban J connectivity index is 2.06. The molecule has 0 aliphatic heterocycles. The van der Waals surface area contributed by atoms with Gasteiger partial charge in [0.05, 0.1) is 5.56 Å². The number of carbonyl (C=O) groups is 2. The molecule has 4 nitrogen and oxygen atoms in total. The zero-order valence-corrected chi connectivity index (χ0v) is 12.0. The number of rotatable bonds is 4. The van der Waals surface area contributed by atoms with E-state index in [-0.39, 0.29) is 5.56 Å². The molecule has 0 unspecified atom stereocenters. The number of carbonyl (C=O) groups excluding carboxylic acids is 2. The standard InChI is InChI=1S/C16H12F3NO3/c1-9(23-16(22)10-5-2-3-6-11(10)17)15(21)20-14-12(18)7-4-8-13(14)19/h2-9H,1H3,(H,20,21)/t9-/m0/s1. The zero-order chi connectivity index (χ0) is 17.0. The summed E-state index contributed by atoms with van der Waals surface area (Å²) in [5.74, 6) is -4.74. The van der Waals surface area contributed by atoms with Crippen molar-refractivity contribution in [1.29, 1.82) is 0 Å². The number of anilines is 1. The summed E-state index contributed by atoms with van der Waals surface area (Å²) in [5.41, 5.74) is -0.990. The molecular weight excluding hydrogens is 311 g/mol. The van der Waals surface area contributed by atoms with E-state index in [0.717, 1.165) is 24.3 Å². The Morgan fingerprint density at radius 1 is 0.957 bits per heavy atom. The van der Waals surface area contributed by atoms with Gasteiger partial charge < -0.3 is 10.1 Å². The molecule has 0 aliphatic rings. The molecule has 0 spiro atoms. The van der Waals surface area contributed by atoms with Crippen LogP contribution in [0.3, 0.4) is 0 Å². The Morgan fingerprint density at radius 3 is 2.13 bits per heavy atom. The minimum Gasteiger partial charge on any atom is -0.449 e. The number of para-hydroxylation sites is 1. The highest BCUT2D eigenvalue weighted by atomic mass is 19.1. The lowest BCUT2D eigenvalue weighted by Crippen LogP contribution is -2.30. The highest BCUT2D eigenvalue weighted by molar-refractivity contribution is 5.97. The third-order valence-electron chi connectivity index (χ3n) is 2.96. The second-order valence-electron chi connectivity index (χ2n) is 4.61. The predicted octanol–water partition coefficient (Wildman–Crippen LogP) is 3.29. The van der Waals surface area contributed by atoms with Crippen LogP contribution in [0, 0.1) is 17.5 Å². The fourth-order valence-corrected chi connectivity index (χ4v) is 1.75. The van der Waals surface area contributed by atoms with E-state index >= 15 is 0 Å². The lowest BCUT2D eigenvalue weighted by Gasteiger charge is -2.14. The molecule has 0 radical (unpaired) electrons. The van der Waals surface area contributed by atoms with Gasteiger partial charge in [0.15, 0.2) is 6.10 Å². The number of benzene rings is 2. The van der Waals surface area contributed by atoms with Crippen LogP contribution in [0.5, 0.6) is 0 Å². The topological polar surface area (TPSA) is 55.4 Å². The Morgan fingerprint density at radius 2 is 1.52 bits per heavy atom. The molecule has 0 heterocycles. The Bertz CT molecular complexity index is 729. The van der Waals surface area contributed by atoms with Crippen LogP contribution in [0.25, 0.3) is 0 Å². The third kappa shape index (κ3) is 3.88. The fourth-order valence-electron chi connectivity index (χ4n) is 1.75. The molecule has 0 saturated heterocycles. The van der Waals surface area contributed by atoms with E-state index < -0.39 is 41.1 Å². The first-order chi connectivity index (χ1) is 10.9. The van der Waals surface area contributed by atoms with Gasteiger partial charge in [-0.2, -0.15) is 0 Å². The summed E-state index contributed by atoms with van der Waals surface area (Å²) < 4.78 is 45.1. The normalized spacial score (nSPS) is 11.7. The van der Waals surface area contributed by atoms with Gasteiger partial charge in [-0.25, -0.2) is 18.0 Å². The first-order valence-electron chi connectivity index (χ1n) is 6.60. The second-order valence-corrected chi connectivity index (χ2v) is 4.61. The highest BCUT2D eigenvalue weighted by Crippen LogP contribution is 2.18. The van der Waals surface area contributed by atoms with Crippen molar-refractivity contribution in [2.45, 2.75) is 13.0 Å². The van der Waals surface area contributed by atoms with E-state index in [9.17, 15) is 22.8 Å². The molecule has 2 rings (SSSR count). The smallest absolute Gasteiger partial charge is 0.341 e. The average molecular weight is 323 g/mol. The summed E-state index contributed by atoms with van der Waals surface area (Å²) >= 11 is 0. The molecule has 1 atom stereocenters. The average Bonchev–Trinajstić information content (AvgIpc) is 2.51. The van der Waals surface area contributed by atoms with Gasteiger partial charge in [-0.1, -0.05) is 18.2 Å². The van der Waals surface area contributed by atoms with Crippen molar-refractivity contribution in [3.05, 3.63) is 65.5 Å². The first-order valence-corrected chi connectivity index (χ1v) is 6.60. The Labute approximate surface area is 129 Å². The molecule has 2 aromatic carbocycles. The Kier molecular flexibility index (Phi) is 5.00. The van der Waals surface area contributed by atoms with Crippen LogP contribution >= 0.6 is 0 Å². The van der Waals surface area contributed by atoms with Gasteiger partial charge in [0.2, 0.25) is 0 Å². The minimum absolute atomic E-state index is 0.343. The van der Waals surface area contributed by atoms with Crippen molar-refractivity contribution in [1.82, 2.24) is 0 Å². The minimum atomic E-state index is -1.37. The van der Waals surface area contributed by atoms with Gasteiger partial charge in [-0.05, 0) is 31.2 Å². The van der Waals surface area contributed by atoms with Crippen molar-refractivity contribution >= 4 is 17.6 Å². The molecule has 0 aromatic heterocycles. The lowest BCUT2D eigenvalue weighted by molar-refractivity contribution is -0.123. The molecular formula is C16H12F3NO3. The largest absolute Gasteiger partial charge is 0.449 e. The van der Waals surface area contributed by atoms with Crippen LogP contribution in [-0.2, 0) is 9.53 Å². The first kappa shape index (κ1) is 16.5. The van der Waals surface area contributed by atoms with E-state index in [1.165, 1.54) is 25.1 Å². The van der Waals surface area contributed by atoms with Gasteiger partial charge in [0, 0.05) is 0 Å². The zero-order valence-electron chi connectivity index (χ0n) is 12.0. The molecule has 23 heavy (non-hydrogen) atoms. The van der Waals surface area contributed by atoms with Crippen molar-refractivity contribution < 1.29 is 27.5 Å². The molecule has 0 aliphatic carbocycles. The van der Waals surface area contributed by atoms with Crippen molar-refractivity contribution in [2.75, 3.05) is 5.32 Å². The lowest BCUT2D eigenvalue weighted by atomic mass is 10.2.